The number of rotatable bonds is 6. The van der Waals surface area contributed by atoms with Gasteiger partial charge in [-0.15, -0.1) is 0 Å². The molecule has 0 saturated heterocycles. The zero-order valence-corrected chi connectivity index (χ0v) is 17.9. The lowest BCUT2D eigenvalue weighted by atomic mass is 10.1. The Kier molecular flexibility index (Phi) is 5.40. The molecule has 0 bridgehead atoms. The molecule has 3 heterocycles. The van der Waals surface area contributed by atoms with Crippen molar-refractivity contribution in [3.05, 3.63) is 76.7 Å². The molecule has 0 saturated carbocycles. The van der Waals surface area contributed by atoms with Gasteiger partial charge in [-0.2, -0.15) is 5.10 Å². The van der Waals surface area contributed by atoms with Crippen molar-refractivity contribution in [2.75, 3.05) is 6.54 Å². The number of nitrogens with one attached hydrogen (secondary N) is 1. The molecule has 6 nitrogen and oxygen atoms in total. The van der Waals surface area contributed by atoms with E-state index in [1.165, 1.54) is 5.56 Å². The van der Waals surface area contributed by atoms with Crippen LogP contribution < -0.4 is 5.32 Å². The number of carbonyl (C=O) groups excluding carboxylic acids is 1. The minimum absolute atomic E-state index is 0.0659. The molecule has 154 valence electrons. The second-order valence-electron chi connectivity index (χ2n) is 7.80. The Balaban J connectivity index is 1.62. The summed E-state index contributed by atoms with van der Waals surface area (Å²) in [4.78, 5) is 17.4. The average Bonchev–Trinajstić information content (AvgIpc) is 3.22. The molecule has 6 heteroatoms. The van der Waals surface area contributed by atoms with Crippen molar-refractivity contribution in [1.82, 2.24) is 24.6 Å². The first kappa shape index (κ1) is 19.9. The number of aromatic nitrogens is 4. The van der Waals surface area contributed by atoms with E-state index in [0.717, 1.165) is 45.9 Å². The SMILES string of the molecule is Cc1cc(C)c2c(-n3c(C)ccc3C)nn(CC(=O)NCCc3ccccc3)c2n1. The number of carbonyl (C=O) groups is 1. The van der Waals surface area contributed by atoms with Crippen molar-refractivity contribution in [2.24, 2.45) is 0 Å². The summed E-state index contributed by atoms with van der Waals surface area (Å²) in [5, 5.41) is 8.81. The van der Waals surface area contributed by atoms with Crippen molar-refractivity contribution < 1.29 is 4.79 Å². The quantitative estimate of drug-likeness (QED) is 0.534. The number of amides is 1. The highest BCUT2D eigenvalue weighted by atomic mass is 16.2. The fourth-order valence-corrected chi connectivity index (χ4v) is 3.94. The van der Waals surface area contributed by atoms with Crippen LogP contribution in [-0.2, 0) is 17.8 Å². The van der Waals surface area contributed by atoms with Gasteiger partial charge in [0.2, 0.25) is 5.91 Å². The standard InChI is InChI=1S/C24H27N5O/c1-16-14-17(2)26-23-22(16)24(29-18(3)10-11-19(29)4)27-28(23)15-21(30)25-13-12-20-8-6-5-7-9-20/h5-11,14H,12-13,15H2,1-4H3,(H,25,30). The van der Waals surface area contributed by atoms with Gasteiger partial charge < -0.3 is 9.88 Å². The lowest BCUT2D eigenvalue weighted by Gasteiger charge is -2.07. The summed E-state index contributed by atoms with van der Waals surface area (Å²) in [5.41, 5.74) is 6.18. The van der Waals surface area contributed by atoms with E-state index in [-0.39, 0.29) is 12.5 Å². The first-order chi connectivity index (χ1) is 14.4. The Labute approximate surface area is 176 Å². The minimum atomic E-state index is -0.0659. The highest BCUT2D eigenvalue weighted by molar-refractivity contribution is 5.88. The Morgan fingerprint density at radius 3 is 2.40 bits per heavy atom. The van der Waals surface area contributed by atoms with E-state index >= 15 is 0 Å². The zero-order chi connectivity index (χ0) is 21.3. The van der Waals surface area contributed by atoms with Gasteiger partial charge in [-0.05, 0) is 63.4 Å². The van der Waals surface area contributed by atoms with Crippen LogP contribution in [0.15, 0.2) is 48.5 Å². The number of fused-ring (bicyclic) bond motifs is 1. The molecule has 0 radical (unpaired) electrons. The van der Waals surface area contributed by atoms with Crippen LogP contribution in [0.4, 0.5) is 0 Å². The average molecular weight is 402 g/mol. The van der Waals surface area contributed by atoms with Crippen LogP contribution >= 0.6 is 0 Å². The molecule has 0 spiro atoms. The number of aryl methyl sites for hydroxylation is 4. The van der Waals surface area contributed by atoms with Crippen molar-refractivity contribution in [3.63, 3.8) is 0 Å². The number of benzene rings is 1. The summed E-state index contributed by atoms with van der Waals surface area (Å²) < 4.78 is 3.84. The molecule has 0 unspecified atom stereocenters. The number of hydrogen-bond donors (Lipinski definition) is 1. The van der Waals surface area contributed by atoms with E-state index in [9.17, 15) is 4.79 Å². The molecule has 1 amide bonds. The van der Waals surface area contributed by atoms with E-state index < -0.39 is 0 Å². The van der Waals surface area contributed by atoms with Gasteiger partial charge in [0.15, 0.2) is 11.5 Å². The van der Waals surface area contributed by atoms with E-state index in [0.29, 0.717) is 6.54 Å². The topological polar surface area (TPSA) is 64.7 Å². The van der Waals surface area contributed by atoms with Crippen LogP contribution in [-0.4, -0.2) is 31.8 Å². The van der Waals surface area contributed by atoms with Gasteiger partial charge in [-0.1, -0.05) is 30.3 Å². The molecular weight excluding hydrogens is 374 g/mol. The zero-order valence-electron chi connectivity index (χ0n) is 17.9. The van der Waals surface area contributed by atoms with Crippen LogP contribution in [0.2, 0.25) is 0 Å². The van der Waals surface area contributed by atoms with Crippen molar-refractivity contribution in [2.45, 2.75) is 40.7 Å². The van der Waals surface area contributed by atoms with E-state index in [2.05, 4.69) is 61.0 Å². The second-order valence-corrected chi connectivity index (χ2v) is 7.80. The van der Waals surface area contributed by atoms with Gasteiger partial charge in [0.25, 0.3) is 0 Å². The Bertz CT molecular complexity index is 1180. The first-order valence-corrected chi connectivity index (χ1v) is 10.2. The maximum absolute atomic E-state index is 12.6. The molecule has 0 atom stereocenters. The van der Waals surface area contributed by atoms with Gasteiger partial charge in [-0.3, -0.25) is 4.79 Å². The Hall–Kier alpha value is -3.41. The monoisotopic (exact) mass is 401 g/mol. The third-order valence-corrected chi connectivity index (χ3v) is 5.36. The molecule has 4 aromatic rings. The molecule has 4 rings (SSSR count). The van der Waals surface area contributed by atoms with Crippen LogP contribution in [0, 0.1) is 27.7 Å². The molecule has 1 aromatic carbocycles. The molecule has 3 aromatic heterocycles. The molecular formula is C24H27N5O. The number of hydrogen-bond acceptors (Lipinski definition) is 3. The van der Waals surface area contributed by atoms with Crippen LogP contribution in [0.25, 0.3) is 16.9 Å². The normalized spacial score (nSPS) is 11.2. The highest BCUT2D eigenvalue weighted by Gasteiger charge is 2.19. The summed E-state index contributed by atoms with van der Waals surface area (Å²) in [7, 11) is 0. The second kappa shape index (κ2) is 8.14. The van der Waals surface area contributed by atoms with Crippen molar-refractivity contribution >= 4 is 16.9 Å². The Morgan fingerprint density at radius 1 is 1.00 bits per heavy atom. The Morgan fingerprint density at radius 2 is 1.70 bits per heavy atom. The summed E-state index contributed by atoms with van der Waals surface area (Å²) in [5.74, 6) is 0.760. The molecule has 30 heavy (non-hydrogen) atoms. The summed E-state index contributed by atoms with van der Waals surface area (Å²) >= 11 is 0. The molecule has 1 N–H and O–H groups in total. The van der Waals surface area contributed by atoms with Crippen molar-refractivity contribution in [1.29, 1.82) is 0 Å². The van der Waals surface area contributed by atoms with Crippen molar-refractivity contribution in [3.8, 4) is 5.82 Å². The predicted octanol–water partition coefficient (Wildman–Crippen LogP) is 3.81. The van der Waals surface area contributed by atoms with Gasteiger partial charge in [-0.25, -0.2) is 9.67 Å². The van der Waals surface area contributed by atoms with Gasteiger partial charge in [0.1, 0.15) is 6.54 Å². The minimum Gasteiger partial charge on any atom is -0.354 e. The van der Waals surface area contributed by atoms with Crippen LogP contribution in [0.1, 0.15) is 28.2 Å². The lowest BCUT2D eigenvalue weighted by molar-refractivity contribution is -0.121. The third kappa shape index (κ3) is 3.85. The maximum Gasteiger partial charge on any atom is 0.241 e. The third-order valence-electron chi connectivity index (χ3n) is 5.36. The highest BCUT2D eigenvalue weighted by Crippen LogP contribution is 2.27. The molecule has 0 aliphatic carbocycles. The van der Waals surface area contributed by atoms with Gasteiger partial charge in [0, 0.05) is 23.6 Å². The smallest absolute Gasteiger partial charge is 0.241 e. The van der Waals surface area contributed by atoms with Crippen LogP contribution in [0.3, 0.4) is 0 Å². The van der Waals surface area contributed by atoms with E-state index in [1.807, 2.05) is 25.1 Å². The van der Waals surface area contributed by atoms with E-state index in [4.69, 9.17) is 10.1 Å². The summed E-state index contributed by atoms with van der Waals surface area (Å²) in [6, 6.07) is 16.4. The van der Waals surface area contributed by atoms with E-state index in [1.54, 1.807) is 4.68 Å². The van der Waals surface area contributed by atoms with Gasteiger partial charge in [0.05, 0.1) is 5.39 Å². The predicted molar refractivity (Wildman–Crippen MR) is 119 cm³/mol. The fourth-order valence-electron chi connectivity index (χ4n) is 3.94. The number of pyridine rings is 1. The first-order valence-electron chi connectivity index (χ1n) is 10.2. The molecule has 0 aliphatic heterocycles. The molecule has 0 fully saturated rings. The lowest BCUT2D eigenvalue weighted by Crippen LogP contribution is -2.29. The summed E-state index contributed by atoms with van der Waals surface area (Å²) in [6.45, 7) is 8.89. The fraction of sp³-hybridized carbons (Fsp3) is 0.292. The molecule has 0 aliphatic rings. The van der Waals surface area contributed by atoms with Gasteiger partial charge >= 0.3 is 0 Å². The number of nitrogens with zero attached hydrogens (tertiary/aromatic N) is 4. The van der Waals surface area contributed by atoms with Crippen LogP contribution in [0.5, 0.6) is 0 Å². The largest absolute Gasteiger partial charge is 0.354 e. The summed E-state index contributed by atoms with van der Waals surface area (Å²) in [6.07, 6.45) is 0.801. The maximum atomic E-state index is 12.6.